The smallest absolute Gasteiger partial charge is 0.133 e. The van der Waals surface area contributed by atoms with Crippen molar-refractivity contribution in [3.8, 4) is 5.75 Å². The average Bonchev–Trinajstić information content (AvgIpc) is 2.27. The summed E-state index contributed by atoms with van der Waals surface area (Å²) in [6.45, 7) is 0.920. The molecule has 1 aliphatic rings. The van der Waals surface area contributed by atoms with E-state index in [-0.39, 0.29) is 0 Å². The van der Waals surface area contributed by atoms with Gasteiger partial charge in [-0.2, -0.15) is 0 Å². The maximum atomic E-state index is 5.28. The lowest BCUT2D eigenvalue weighted by atomic mass is 10.1. The summed E-state index contributed by atoms with van der Waals surface area (Å²) in [5.41, 5.74) is 2.55. The van der Waals surface area contributed by atoms with Crippen molar-refractivity contribution in [1.82, 2.24) is 4.31 Å². The number of rotatable bonds is 2. The largest absolute Gasteiger partial charge is 0.496 e. The Bertz CT molecular complexity index is 411. The van der Waals surface area contributed by atoms with Crippen molar-refractivity contribution in [2.45, 2.75) is 6.54 Å². The van der Waals surface area contributed by atoms with E-state index >= 15 is 0 Å². The molecule has 0 aromatic heterocycles. The molecule has 1 aliphatic heterocycles. The van der Waals surface area contributed by atoms with Crippen LogP contribution in [0.1, 0.15) is 11.1 Å². The molecule has 0 fully saturated rings. The summed E-state index contributed by atoms with van der Waals surface area (Å²) >= 11 is 5.77. The topological polar surface area (TPSA) is 12.5 Å². The van der Waals surface area contributed by atoms with Crippen LogP contribution in [0.3, 0.4) is 0 Å². The first kappa shape index (κ1) is 11.6. The number of fused-ring (bicyclic) bond motifs is 1. The Morgan fingerprint density at radius 1 is 1.53 bits per heavy atom. The second-order valence-electron chi connectivity index (χ2n) is 3.15. The van der Waals surface area contributed by atoms with Crippen LogP contribution < -0.4 is 4.74 Å². The number of halogens is 2. The summed E-state index contributed by atoms with van der Waals surface area (Å²) < 4.78 is 8.46. The van der Waals surface area contributed by atoms with Crippen LogP contribution in [0.15, 0.2) is 22.8 Å². The fourth-order valence-corrected chi connectivity index (χ4v) is 3.12. The average molecular weight is 398 g/mol. The molecule has 0 amide bonds. The summed E-state index contributed by atoms with van der Waals surface area (Å²) in [6, 6.07) is 4.18. The first-order valence-electron chi connectivity index (χ1n) is 4.34. The van der Waals surface area contributed by atoms with Gasteiger partial charge in [-0.3, -0.25) is 0 Å². The fourth-order valence-electron chi connectivity index (χ4n) is 1.49. The minimum atomic E-state index is 0.891. The van der Waals surface area contributed by atoms with E-state index in [0.717, 1.165) is 16.8 Å². The first-order valence-corrected chi connectivity index (χ1v) is 8.45. The van der Waals surface area contributed by atoms with Gasteiger partial charge in [0.05, 0.1) is 18.1 Å². The highest BCUT2D eigenvalue weighted by Crippen LogP contribution is 2.34. The van der Waals surface area contributed by atoms with E-state index < -0.39 is 0 Å². The monoisotopic (exact) mass is 397 g/mol. The van der Waals surface area contributed by atoms with E-state index in [0.29, 0.717) is 0 Å². The van der Waals surface area contributed by atoms with E-state index in [9.17, 15) is 0 Å². The number of hydrogen-bond donors (Lipinski definition) is 0. The van der Waals surface area contributed by atoms with E-state index in [1.807, 2.05) is 0 Å². The summed E-state index contributed by atoms with van der Waals surface area (Å²) in [5, 5.41) is 0. The van der Waals surface area contributed by atoms with Gasteiger partial charge in [-0.15, -0.1) is 0 Å². The van der Waals surface area contributed by atoms with Crippen molar-refractivity contribution < 1.29 is 4.74 Å². The fraction of sp³-hybridized carbons (Fsp3) is 0.200. The maximum Gasteiger partial charge on any atom is 0.133 e. The minimum Gasteiger partial charge on any atom is -0.496 e. The quantitative estimate of drug-likeness (QED) is 0.547. The van der Waals surface area contributed by atoms with Gasteiger partial charge in [0.1, 0.15) is 5.75 Å². The Kier molecular flexibility index (Phi) is 3.84. The molecule has 2 rings (SSSR count). The Labute approximate surface area is 114 Å². The molecule has 1 aromatic carbocycles. The van der Waals surface area contributed by atoms with Crippen LogP contribution in [-0.2, 0) is 6.54 Å². The highest BCUT2D eigenvalue weighted by atomic mass is 127. The first-order chi connectivity index (χ1) is 7.24. The van der Waals surface area contributed by atoms with Crippen molar-refractivity contribution >= 4 is 52.3 Å². The third-order valence-electron chi connectivity index (χ3n) is 2.25. The molecule has 0 spiro atoms. The van der Waals surface area contributed by atoms with Gasteiger partial charge in [-0.05, 0) is 45.3 Å². The summed E-state index contributed by atoms with van der Waals surface area (Å²) in [4.78, 5) is 0. The second-order valence-corrected chi connectivity index (χ2v) is 5.79. The van der Waals surface area contributed by atoms with Crippen LogP contribution in [0.2, 0.25) is 0 Å². The zero-order valence-corrected chi connectivity index (χ0v) is 12.6. The van der Waals surface area contributed by atoms with Gasteiger partial charge in [0.2, 0.25) is 0 Å². The van der Waals surface area contributed by atoms with Gasteiger partial charge in [0, 0.05) is 36.5 Å². The number of hydrogen-bond acceptors (Lipinski definition) is 3. The van der Waals surface area contributed by atoms with Crippen LogP contribution in [0.25, 0.3) is 6.08 Å². The molecule has 5 heteroatoms. The molecule has 0 aliphatic carbocycles. The molecule has 0 unspecified atom stereocenters. The Morgan fingerprint density at radius 2 is 2.33 bits per heavy atom. The summed E-state index contributed by atoms with van der Waals surface area (Å²) in [5.74, 6) is 0.891. The lowest BCUT2D eigenvalue weighted by molar-refractivity contribution is 0.411. The number of methoxy groups -OCH3 is 1. The van der Waals surface area contributed by atoms with Crippen LogP contribution in [-0.4, -0.2) is 11.4 Å². The number of nitrogens with zero attached hydrogens (tertiary/aromatic N) is 1. The molecule has 2 nitrogen and oxygen atoms in total. The molecular weight excluding hydrogens is 389 g/mol. The molecule has 80 valence electrons. The van der Waals surface area contributed by atoms with E-state index in [1.54, 1.807) is 16.2 Å². The van der Waals surface area contributed by atoms with Crippen LogP contribution in [0, 0.1) is 0 Å². The third-order valence-corrected chi connectivity index (χ3v) is 4.81. The van der Waals surface area contributed by atoms with Crippen molar-refractivity contribution in [3.63, 3.8) is 0 Å². The zero-order chi connectivity index (χ0) is 10.8. The summed E-state index contributed by atoms with van der Waals surface area (Å²) in [6.07, 6.45) is 4.22. The van der Waals surface area contributed by atoms with Crippen molar-refractivity contribution in [2.24, 2.45) is 0 Å². The normalized spacial score (nSPS) is 13.9. The van der Waals surface area contributed by atoms with Gasteiger partial charge in [0.25, 0.3) is 0 Å². The molecule has 0 saturated carbocycles. The van der Waals surface area contributed by atoms with Crippen LogP contribution in [0.4, 0.5) is 0 Å². The lowest BCUT2D eigenvalue weighted by Crippen LogP contribution is -2.10. The van der Waals surface area contributed by atoms with Crippen LogP contribution in [0.5, 0.6) is 5.75 Å². The molecule has 0 radical (unpaired) electrons. The Hall–Kier alpha value is 0.120. The molecule has 1 heterocycles. The van der Waals surface area contributed by atoms with Gasteiger partial charge in [-0.1, -0.05) is 0 Å². The van der Waals surface area contributed by atoms with Gasteiger partial charge in [-0.25, -0.2) is 0 Å². The van der Waals surface area contributed by atoms with Crippen molar-refractivity contribution in [1.29, 1.82) is 0 Å². The molecule has 0 N–H and O–H groups in total. The predicted molar refractivity (Wildman–Crippen MR) is 76.9 cm³/mol. The Balaban J connectivity index is 2.40. The van der Waals surface area contributed by atoms with Gasteiger partial charge in [0.15, 0.2) is 0 Å². The summed E-state index contributed by atoms with van der Waals surface area (Å²) in [7, 11) is 3.38. The molecule has 15 heavy (non-hydrogen) atoms. The molecule has 0 saturated heterocycles. The van der Waals surface area contributed by atoms with E-state index in [4.69, 9.17) is 4.74 Å². The molecular formula is C10H9BrINOS. The highest BCUT2D eigenvalue weighted by Gasteiger charge is 2.13. The van der Waals surface area contributed by atoms with E-state index in [2.05, 4.69) is 65.8 Å². The number of ether oxygens (including phenoxy) is 1. The maximum absolute atomic E-state index is 5.28. The Morgan fingerprint density at radius 3 is 3.00 bits per heavy atom. The highest BCUT2D eigenvalue weighted by molar-refractivity contribution is 14.2. The van der Waals surface area contributed by atoms with Crippen LogP contribution >= 0.6 is 46.3 Å². The lowest BCUT2D eigenvalue weighted by Gasteiger charge is -2.22. The van der Waals surface area contributed by atoms with Crippen molar-refractivity contribution in [2.75, 3.05) is 7.11 Å². The standard InChI is InChI=1S/C10H9BrINOS/c1-14-10-5-8-6-13(15-12)3-2-7(8)4-9(10)11/h2-5H,6H2,1H3. The second kappa shape index (κ2) is 4.97. The van der Waals surface area contributed by atoms with Gasteiger partial charge >= 0.3 is 0 Å². The van der Waals surface area contributed by atoms with E-state index in [1.165, 1.54) is 11.1 Å². The SMILES string of the molecule is COc1cc2c(cc1Br)C=CN(SI)C2. The minimum absolute atomic E-state index is 0.891. The number of benzene rings is 1. The third kappa shape index (κ3) is 2.45. The van der Waals surface area contributed by atoms with Gasteiger partial charge < -0.3 is 9.04 Å². The van der Waals surface area contributed by atoms with Crippen molar-refractivity contribution in [3.05, 3.63) is 33.9 Å². The molecule has 0 bridgehead atoms. The predicted octanol–water partition coefficient (Wildman–Crippen LogP) is 4.24. The molecule has 1 aromatic rings. The molecule has 0 atom stereocenters. The zero-order valence-electron chi connectivity index (χ0n) is 8.04.